The number of nitrogens with one attached hydrogen (secondary N) is 1. The Kier molecular flexibility index (Phi) is 5.68. The third kappa shape index (κ3) is 4.81. The van der Waals surface area contributed by atoms with E-state index in [-0.39, 0.29) is 5.91 Å². The highest BCUT2D eigenvalue weighted by atomic mass is 16.6. The van der Waals surface area contributed by atoms with Crippen molar-refractivity contribution in [1.29, 1.82) is 0 Å². The van der Waals surface area contributed by atoms with Crippen molar-refractivity contribution in [2.75, 3.05) is 25.1 Å². The molecular formula is C20H23NO4. The summed E-state index contributed by atoms with van der Waals surface area (Å²) >= 11 is 0. The molecule has 3 rings (SSSR count). The molecule has 132 valence electrons. The van der Waals surface area contributed by atoms with Crippen LogP contribution in [0.4, 0.5) is 5.69 Å². The van der Waals surface area contributed by atoms with Gasteiger partial charge in [0.2, 0.25) is 0 Å². The van der Waals surface area contributed by atoms with E-state index < -0.39 is 6.10 Å². The van der Waals surface area contributed by atoms with Gasteiger partial charge in [0.25, 0.3) is 5.91 Å². The lowest BCUT2D eigenvalue weighted by atomic mass is 10.1. The van der Waals surface area contributed by atoms with E-state index in [1.165, 1.54) is 5.56 Å². The van der Waals surface area contributed by atoms with Crippen molar-refractivity contribution in [2.24, 2.45) is 0 Å². The number of hydrogen-bond acceptors (Lipinski definition) is 4. The van der Waals surface area contributed by atoms with Gasteiger partial charge < -0.3 is 19.5 Å². The maximum absolute atomic E-state index is 12.2. The normalized spacial score (nSPS) is 17.1. The van der Waals surface area contributed by atoms with E-state index in [0.717, 1.165) is 22.6 Å². The monoisotopic (exact) mass is 341 g/mol. The van der Waals surface area contributed by atoms with E-state index in [1.807, 2.05) is 37.3 Å². The van der Waals surface area contributed by atoms with Crippen molar-refractivity contribution >= 4 is 11.6 Å². The quantitative estimate of drug-likeness (QED) is 0.907. The molecule has 0 saturated carbocycles. The Morgan fingerprint density at radius 3 is 2.80 bits per heavy atom. The molecule has 5 nitrogen and oxygen atoms in total. The van der Waals surface area contributed by atoms with Gasteiger partial charge in [-0.3, -0.25) is 4.79 Å². The summed E-state index contributed by atoms with van der Waals surface area (Å²) in [4.78, 5) is 12.2. The number of anilines is 1. The summed E-state index contributed by atoms with van der Waals surface area (Å²) in [6.45, 7) is 5.79. The minimum atomic E-state index is -0.551. The topological polar surface area (TPSA) is 56.8 Å². The molecule has 1 fully saturated rings. The molecule has 0 aromatic heterocycles. The molecule has 0 aliphatic carbocycles. The van der Waals surface area contributed by atoms with Crippen molar-refractivity contribution in [1.82, 2.24) is 0 Å². The molecule has 1 amide bonds. The summed E-state index contributed by atoms with van der Waals surface area (Å²) in [6.07, 6.45) is -0.551. The van der Waals surface area contributed by atoms with Gasteiger partial charge in [0, 0.05) is 5.69 Å². The fraction of sp³-hybridized carbons (Fsp3) is 0.350. The van der Waals surface area contributed by atoms with Gasteiger partial charge in [-0.15, -0.1) is 0 Å². The number of ether oxygens (including phenoxy) is 3. The molecule has 1 atom stereocenters. The Labute approximate surface area is 147 Å². The maximum Gasteiger partial charge on any atom is 0.255 e. The fourth-order valence-corrected chi connectivity index (χ4v) is 2.69. The molecule has 2 aromatic carbocycles. The van der Waals surface area contributed by atoms with Crippen LogP contribution in [0.25, 0.3) is 0 Å². The molecule has 5 heteroatoms. The molecule has 0 radical (unpaired) electrons. The number of benzene rings is 2. The zero-order valence-corrected chi connectivity index (χ0v) is 14.6. The Morgan fingerprint density at radius 2 is 2.08 bits per heavy atom. The largest absolute Gasteiger partial charge is 0.489 e. The molecule has 1 unspecified atom stereocenters. The zero-order chi connectivity index (χ0) is 17.6. The predicted molar refractivity (Wildman–Crippen MR) is 95.9 cm³/mol. The van der Waals surface area contributed by atoms with Crippen LogP contribution >= 0.6 is 0 Å². The van der Waals surface area contributed by atoms with E-state index >= 15 is 0 Å². The number of amides is 1. The van der Waals surface area contributed by atoms with Gasteiger partial charge in [0.15, 0.2) is 6.10 Å². The summed E-state index contributed by atoms with van der Waals surface area (Å²) in [5.74, 6) is 0.588. The highest BCUT2D eigenvalue weighted by Gasteiger charge is 2.23. The second-order valence-electron chi connectivity index (χ2n) is 6.18. The molecule has 1 N–H and O–H groups in total. The zero-order valence-electron chi connectivity index (χ0n) is 14.6. The summed E-state index contributed by atoms with van der Waals surface area (Å²) in [5.41, 5.74) is 4.03. The van der Waals surface area contributed by atoms with E-state index in [0.29, 0.717) is 26.4 Å². The van der Waals surface area contributed by atoms with Crippen LogP contribution in [0.3, 0.4) is 0 Å². The third-order valence-electron chi connectivity index (χ3n) is 4.05. The number of carbonyl (C=O) groups is 1. The predicted octanol–water partition coefficient (Wildman–Crippen LogP) is 3.24. The van der Waals surface area contributed by atoms with Crippen LogP contribution in [0, 0.1) is 13.8 Å². The lowest BCUT2D eigenvalue weighted by Gasteiger charge is -2.22. The van der Waals surface area contributed by atoms with Crippen LogP contribution in [0.5, 0.6) is 5.75 Å². The highest BCUT2D eigenvalue weighted by molar-refractivity contribution is 5.95. The fourth-order valence-electron chi connectivity index (χ4n) is 2.69. The van der Waals surface area contributed by atoms with Gasteiger partial charge in [-0.05, 0) is 43.2 Å². The molecule has 0 spiro atoms. The molecule has 1 heterocycles. The third-order valence-corrected chi connectivity index (χ3v) is 4.05. The van der Waals surface area contributed by atoms with Crippen LogP contribution < -0.4 is 10.1 Å². The van der Waals surface area contributed by atoms with Crippen LogP contribution in [0.1, 0.15) is 16.7 Å². The second-order valence-corrected chi connectivity index (χ2v) is 6.18. The van der Waals surface area contributed by atoms with Gasteiger partial charge >= 0.3 is 0 Å². The Balaban J connectivity index is 1.59. The Hall–Kier alpha value is -2.37. The van der Waals surface area contributed by atoms with E-state index in [2.05, 4.69) is 24.4 Å². The molecule has 25 heavy (non-hydrogen) atoms. The van der Waals surface area contributed by atoms with Crippen LogP contribution in [0.2, 0.25) is 0 Å². The second kappa shape index (κ2) is 8.14. The molecule has 1 aliphatic heterocycles. The molecule has 1 aliphatic rings. The van der Waals surface area contributed by atoms with Crippen molar-refractivity contribution in [3.8, 4) is 5.75 Å². The lowest BCUT2D eigenvalue weighted by Crippen LogP contribution is -2.39. The summed E-state index contributed by atoms with van der Waals surface area (Å²) in [5, 5.41) is 2.89. The minimum Gasteiger partial charge on any atom is -0.489 e. The van der Waals surface area contributed by atoms with Crippen molar-refractivity contribution in [3.63, 3.8) is 0 Å². The van der Waals surface area contributed by atoms with Crippen molar-refractivity contribution < 1.29 is 19.0 Å². The number of rotatable bonds is 5. The van der Waals surface area contributed by atoms with Crippen molar-refractivity contribution in [3.05, 3.63) is 59.2 Å². The average molecular weight is 341 g/mol. The highest BCUT2D eigenvalue weighted by Crippen LogP contribution is 2.23. The van der Waals surface area contributed by atoms with Crippen LogP contribution in [-0.4, -0.2) is 31.8 Å². The van der Waals surface area contributed by atoms with E-state index in [9.17, 15) is 4.79 Å². The number of carbonyl (C=O) groups excluding carboxylic acids is 1. The smallest absolute Gasteiger partial charge is 0.255 e. The number of aryl methyl sites for hydroxylation is 2. The van der Waals surface area contributed by atoms with E-state index in [4.69, 9.17) is 14.2 Å². The summed E-state index contributed by atoms with van der Waals surface area (Å²) in [6, 6.07) is 13.9. The summed E-state index contributed by atoms with van der Waals surface area (Å²) < 4.78 is 16.5. The molecule has 0 bridgehead atoms. The van der Waals surface area contributed by atoms with Gasteiger partial charge in [-0.2, -0.15) is 0 Å². The first kappa shape index (κ1) is 17.5. The first-order valence-electron chi connectivity index (χ1n) is 8.41. The first-order chi connectivity index (χ1) is 12.1. The molecule has 1 saturated heterocycles. The van der Waals surface area contributed by atoms with E-state index in [1.54, 1.807) is 0 Å². The van der Waals surface area contributed by atoms with Crippen LogP contribution in [-0.2, 0) is 20.9 Å². The van der Waals surface area contributed by atoms with Crippen LogP contribution in [0.15, 0.2) is 42.5 Å². The standard InChI is InChI=1S/C20H23NO4/c1-14-4-3-5-16(10-14)12-25-17-6-7-18(15(2)11-17)21-20(22)19-13-23-8-9-24-19/h3-7,10-11,19H,8-9,12-13H2,1-2H3,(H,21,22). The van der Waals surface area contributed by atoms with Gasteiger partial charge in [0.05, 0.1) is 19.8 Å². The Bertz CT molecular complexity index is 738. The van der Waals surface area contributed by atoms with Gasteiger partial charge in [0.1, 0.15) is 12.4 Å². The first-order valence-corrected chi connectivity index (χ1v) is 8.41. The minimum absolute atomic E-state index is 0.184. The van der Waals surface area contributed by atoms with Crippen molar-refractivity contribution in [2.45, 2.75) is 26.6 Å². The van der Waals surface area contributed by atoms with Gasteiger partial charge in [-0.25, -0.2) is 0 Å². The molecule has 2 aromatic rings. The lowest BCUT2D eigenvalue weighted by molar-refractivity contribution is -0.142. The molecular weight excluding hydrogens is 318 g/mol. The number of hydrogen-bond donors (Lipinski definition) is 1. The average Bonchev–Trinajstić information content (AvgIpc) is 2.63. The Morgan fingerprint density at radius 1 is 1.20 bits per heavy atom. The maximum atomic E-state index is 12.2. The van der Waals surface area contributed by atoms with Gasteiger partial charge in [-0.1, -0.05) is 29.8 Å². The summed E-state index contributed by atoms with van der Waals surface area (Å²) in [7, 11) is 0. The SMILES string of the molecule is Cc1cccc(COc2ccc(NC(=O)C3COCCO3)c(C)c2)c1.